The number of benzene rings is 1. The summed E-state index contributed by atoms with van der Waals surface area (Å²) < 4.78 is 0. The van der Waals surface area contributed by atoms with E-state index < -0.39 is 6.10 Å². The molecular weight excluding hydrogens is 228 g/mol. The van der Waals surface area contributed by atoms with E-state index in [0.717, 1.165) is 25.9 Å². The Hall–Kier alpha value is -1.39. The zero-order valence-electron chi connectivity index (χ0n) is 10.7. The first-order chi connectivity index (χ1) is 8.66. The third-order valence-electron chi connectivity index (χ3n) is 3.33. The monoisotopic (exact) mass is 248 g/mol. The van der Waals surface area contributed by atoms with E-state index in [0.29, 0.717) is 5.56 Å². The molecule has 1 aliphatic heterocycles. The van der Waals surface area contributed by atoms with Crippen LogP contribution in [-0.2, 0) is 4.79 Å². The van der Waals surface area contributed by atoms with Crippen molar-refractivity contribution in [2.24, 2.45) is 0 Å². The SMILES string of the molecule is CN1CCCC(NC(=O)C(O)c2ccccc2)C1. The van der Waals surface area contributed by atoms with Crippen LogP contribution in [0.4, 0.5) is 0 Å². The van der Waals surface area contributed by atoms with Gasteiger partial charge in [-0.2, -0.15) is 0 Å². The van der Waals surface area contributed by atoms with Gasteiger partial charge in [-0.1, -0.05) is 30.3 Å². The van der Waals surface area contributed by atoms with Gasteiger partial charge in [-0.3, -0.25) is 4.79 Å². The van der Waals surface area contributed by atoms with Crippen molar-refractivity contribution in [1.29, 1.82) is 0 Å². The van der Waals surface area contributed by atoms with Crippen LogP contribution < -0.4 is 5.32 Å². The molecule has 0 saturated carbocycles. The molecule has 1 aliphatic rings. The molecule has 2 N–H and O–H groups in total. The fourth-order valence-electron chi connectivity index (χ4n) is 2.35. The zero-order valence-corrected chi connectivity index (χ0v) is 10.7. The first-order valence-electron chi connectivity index (χ1n) is 6.39. The Morgan fingerprint density at radius 3 is 2.83 bits per heavy atom. The number of nitrogens with one attached hydrogen (secondary N) is 1. The van der Waals surface area contributed by atoms with Gasteiger partial charge in [0.05, 0.1) is 0 Å². The highest BCUT2D eigenvalue weighted by atomic mass is 16.3. The Morgan fingerprint density at radius 2 is 2.17 bits per heavy atom. The first-order valence-corrected chi connectivity index (χ1v) is 6.39. The van der Waals surface area contributed by atoms with Gasteiger partial charge < -0.3 is 15.3 Å². The minimum absolute atomic E-state index is 0.148. The van der Waals surface area contributed by atoms with Crippen molar-refractivity contribution in [3.05, 3.63) is 35.9 Å². The smallest absolute Gasteiger partial charge is 0.253 e. The number of hydrogen-bond acceptors (Lipinski definition) is 3. The summed E-state index contributed by atoms with van der Waals surface area (Å²) >= 11 is 0. The molecule has 1 aromatic rings. The quantitative estimate of drug-likeness (QED) is 0.836. The van der Waals surface area contributed by atoms with Gasteiger partial charge in [-0.15, -0.1) is 0 Å². The van der Waals surface area contributed by atoms with Crippen LogP contribution in [0, 0.1) is 0 Å². The van der Waals surface area contributed by atoms with Gasteiger partial charge in [0.25, 0.3) is 5.91 Å². The molecule has 0 radical (unpaired) electrons. The van der Waals surface area contributed by atoms with E-state index in [1.807, 2.05) is 25.2 Å². The Bertz CT molecular complexity index is 394. The average molecular weight is 248 g/mol. The fourth-order valence-corrected chi connectivity index (χ4v) is 2.35. The van der Waals surface area contributed by atoms with Gasteiger partial charge in [0, 0.05) is 12.6 Å². The largest absolute Gasteiger partial charge is 0.378 e. The maximum atomic E-state index is 11.9. The fraction of sp³-hybridized carbons (Fsp3) is 0.500. The Balaban J connectivity index is 1.91. The number of hydrogen-bond donors (Lipinski definition) is 2. The summed E-state index contributed by atoms with van der Waals surface area (Å²) in [6.45, 7) is 1.93. The van der Waals surface area contributed by atoms with E-state index in [4.69, 9.17) is 0 Å². The molecule has 4 heteroatoms. The van der Waals surface area contributed by atoms with Crippen LogP contribution in [-0.4, -0.2) is 42.1 Å². The van der Waals surface area contributed by atoms with Crippen molar-refractivity contribution in [2.75, 3.05) is 20.1 Å². The molecule has 0 aliphatic carbocycles. The molecule has 0 aromatic heterocycles. The van der Waals surface area contributed by atoms with Crippen LogP contribution in [0.3, 0.4) is 0 Å². The Kier molecular flexibility index (Phi) is 4.33. The number of nitrogens with zero attached hydrogens (tertiary/aromatic N) is 1. The molecule has 1 aromatic carbocycles. The van der Waals surface area contributed by atoms with Gasteiger partial charge in [0.1, 0.15) is 0 Å². The van der Waals surface area contributed by atoms with Crippen molar-refractivity contribution >= 4 is 5.91 Å². The molecule has 0 spiro atoms. The Morgan fingerprint density at radius 1 is 1.44 bits per heavy atom. The van der Waals surface area contributed by atoms with Crippen LogP contribution in [0.1, 0.15) is 24.5 Å². The average Bonchev–Trinajstić information content (AvgIpc) is 2.39. The molecule has 18 heavy (non-hydrogen) atoms. The maximum Gasteiger partial charge on any atom is 0.253 e. The number of likely N-dealkylation sites (N-methyl/N-ethyl adjacent to an activating group) is 1. The molecule has 0 bridgehead atoms. The maximum absolute atomic E-state index is 11.9. The number of piperidine rings is 1. The second-order valence-electron chi connectivity index (χ2n) is 4.92. The summed E-state index contributed by atoms with van der Waals surface area (Å²) in [6, 6.07) is 9.17. The highest BCUT2D eigenvalue weighted by Crippen LogP contribution is 2.14. The van der Waals surface area contributed by atoms with E-state index in [-0.39, 0.29) is 11.9 Å². The molecule has 2 unspecified atom stereocenters. The number of carbonyl (C=O) groups is 1. The lowest BCUT2D eigenvalue weighted by atomic mass is 10.0. The van der Waals surface area contributed by atoms with Crippen molar-refractivity contribution < 1.29 is 9.90 Å². The summed E-state index contributed by atoms with van der Waals surface area (Å²) in [4.78, 5) is 14.1. The third-order valence-corrected chi connectivity index (χ3v) is 3.33. The predicted octanol–water partition coefficient (Wildman–Crippen LogP) is 0.930. The highest BCUT2D eigenvalue weighted by molar-refractivity contribution is 5.82. The molecule has 1 fully saturated rings. The summed E-state index contributed by atoms with van der Waals surface area (Å²) in [5.41, 5.74) is 0.638. The summed E-state index contributed by atoms with van der Waals surface area (Å²) in [6.07, 6.45) is 0.999. The summed E-state index contributed by atoms with van der Waals surface area (Å²) in [5, 5.41) is 12.9. The van der Waals surface area contributed by atoms with E-state index in [9.17, 15) is 9.90 Å². The van der Waals surface area contributed by atoms with E-state index >= 15 is 0 Å². The lowest BCUT2D eigenvalue weighted by molar-refractivity contribution is -0.130. The molecule has 1 heterocycles. The Labute approximate surface area is 108 Å². The van der Waals surface area contributed by atoms with Crippen molar-refractivity contribution in [2.45, 2.75) is 25.0 Å². The van der Waals surface area contributed by atoms with Crippen LogP contribution in [0.25, 0.3) is 0 Å². The standard InChI is InChI=1S/C14H20N2O2/c1-16-9-5-8-12(10-16)15-14(18)13(17)11-6-3-2-4-7-11/h2-4,6-7,12-13,17H,5,8-10H2,1H3,(H,15,18). The summed E-state index contributed by atoms with van der Waals surface area (Å²) in [7, 11) is 2.05. The van der Waals surface area contributed by atoms with E-state index in [1.165, 1.54) is 0 Å². The van der Waals surface area contributed by atoms with Gasteiger partial charge >= 0.3 is 0 Å². The second kappa shape index (κ2) is 5.98. The molecule has 1 saturated heterocycles. The second-order valence-corrected chi connectivity index (χ2v) is 4.92. The number of aliphatic hydroxyl groups is 1. The number of likely N-dealkylation sites (tertiary alicyclic amines) is 1. The minimum atomic E-state index is -1.07. The van der Waals surface area contributed by atoms with Crippen LogP contribution in [0.15, 0.2) is 30.3 Å². The topological polar surface area (TPSA) is 52.6 Å². The van der Waals surface area contributed by atoms with E-state index in [1.54, 1.807) is 12.1 Å². The van der Waals surface area contributed by atoms with Gasteiger partial charge in [0.15, 0.2) is 6.10 Å². The summed E-state index contributed by atoms with van der Waals surface area (Å²) in [5.74, 6) is -0.304. The number of aliphatic hydroxyl groups excluding tert-OH is 1. The molecule has 2 rings (SSSR count). The van der Waals surface area contributed by atoms with Crippen molar-refractivity contribution in [3.8, 4) is 0 Å². The molecule has 98 valence electrons. The lowest BCUT2D eigenvalue weighted by Crippen LogP contribution is -2.47. The number of rotatable bonds is 3. The number of amides is 1. The molecule has 1 amide bonds. The molecular formula is C14H20N2O2. The predicted molar refractivity (Wildman–Crippen MR) is 70.1 cm³/mol. The third kappa shape index (κ3) is 3.31. The molecule has 2 atom stereocenters. The zero-order chi connectivity index (χ0) is 13.0. The van der Waals surface area contributed by atoms with Gasteiger partial charge in [-0.05, 0) is 32.0 Å². The normalized spacial score (nSPS) is 22.4. The molecule has 4 nitrogen and oxygen atoms in total. The van der Waals surface area contributed by atoms with Crippen molar-refractivity contribution in [3.63, 3.8) is 0 Å². The van der Waals surface area contributed by atoms with E-state index in [2.05, 4.69) is 10.2 Å². The number of carbonyl (C=O) groups excluding carboxylic acids is 1. The minimum Gasteiger partial charge on any atom is -0.378 e. The van der Waals surface area contributed by atoms with Gasteiger partial charge in [-0.25, -0.2) is 0 Å². The van der Waals surface area contributed by atoms with Crippen LogP contribution in [0.2, 0.25) is 0 Å². The van der Waals surface area contributed by atoms with Crippen molar-refractivity contribution in [1.82, 2.24) is 10.2 Å². The van der Waals surface area contributed by atoms with Crippen LogP contribution >= 0.6 is 0 Å². The van der Waals surface area contributed by atoms with Gasteiger partial charge in [0.2, 0.25) is 0 Å². The lowest BCUT2D eigenvalue weighted by Gasteiger charge is -2.30. The highest BCUT2D eigenvalue weighted by Gasteiger charge is 2.23. The van der Waals surface area contributed by atoms with Crippen LogP contribution in [0.5, 0.6) is 0 Å². The first kappa shape index (κ1) is 13.1.